The number of aryl methyl sites for hydroxylation is 1. The Morgan fingerprint density at radius 3 is 2.73 bits per heavy atom. The molecule has 1 heterocycles. The molecule has 84 valence electrons. The number of carboxylic acid groups (broad SMARTS) is 1. The van der Waals surface area contributed by atoms with E-state index in [-0.39, 0.29) is 5.92 Å². The largest absolute Gasteiger partial charge is 0.481 e. The van der Waals surface area contributed by atoms with Crippen molar-refractivity contribution in [1.29, 1.82) is 0 Å². The van der Waals surface area contributed by atoms with Crippen molar-refractivity contribution >= 4 is 17.3 Å². The van der Waals surface area contributed by atoms with E-state index < -0.39 is 11.9 Å². The van der Waals surface area contributed by atoms with E-state index in [9.17, 15) is 4.79 Å². The quantitative estimate of drug-likeness (QED) is 0.841. The number of carbonyl (C=O) groups is 1. The fourth-order valence-corrected chi connectivity index (χ4v) is 2.49. The second kappa shape index (κ2) is 5.26. The second-order valence-electron chi connectivity index (χ2n) is 3.98. The number of rotatable bonds is 5. The zero-order valence-corrected chi connectivity index (χ0v) is 10.2. The number of hydrogen-bond donors (Lipinski definition) is 1. The number of hydrogen-bond acceptors (Lipinski definition) is 3. The highest BCUT2D eigenvalue weighted by molar-refractivity contribution is 7.09. The van der Waals surface area contributed by atoms with Crippen molar-refractivity contribution in [2.75, 3.05) is 0 Å². The minimum atomic E-state index is -0.779. The van der Waals surface area contributed by atoms with Crippen LogP contribution in [-0.4, -0.2) is 16.1 Å². The van der Waals surface area contributed by atoms with Gasteiger partial charge in [-0.1, -0.05) is 20.8 Å². The summed E-state index contributed by atoms with van der Waals surface area (Å²) in [6.45, 7) is 5.92. The third-order valence-corrected chi connectivity index (χ3v) is 3.21. The van der Waals surface area contributed by atoms with Gasteiger partial charge >= 0.3 is 5.97 Å². The maximum absolute atomic E-state index is 11.1. The Hall–Kier alpha value is -0.900. The lowest BCUT2D eigenvalue weighted by molar-refractivity contribution is -0.139. The summed E-state index contributed by atoms with van der Waals surface area (Å²) in [6.07, 6.45) is 1.99. The SMILES string of the molecule is CCCc1nc(C(C(=O)O)C(C)C)cs1. The molecule has 1 rings (SSSR count). The van der Waals surface area contributed by atoms with Crippen LogP contribution in [0.5, 0.6) is 0 Å². The molecule has 15 heavy (non-hydrogen) atoms. The Kier molecular flexibility index (Phi) is 4.27. The summed E-state index contributed by atoms with van der Waals surface area (Å²) in [5.41, 5.74) is 0.714. The molecule has 0 saturated carbocycles. The van der Waals surface area contributed by atoms with Crippen LogP contribution in [0.4, 0.5) is 0 Å². The molecule has 1 aromatic rings. The molecule has 0 aliphatic rings. The Morgan fingerprint density at radius 1 is 1.60 bits per heavy atom. The van der Waals surface area contributed by atoms with Gasteiger partial charge in [0, 0.05) is 5.38 Å². The van der Waals surface area contributed by atoms with Crippen LogP contribution in [-0.2, 0) is 11.2 Å². The summed E-state index contributed by atoms with van der Waals surface area (Å²) in [7, 11) is 0. The molecule has 0 saturated heterocycles. The van der Waals surface area contributed by atoms with E-state index in [1.807, 2.05) is 19.2 Å². The minimum Gasteiger partial charge on any atom is -0.481 e. The Labute approximate surface area is 94.2 Å². The van der Waals surface area contributed by atoms with Gasteiger partial charge in [-0.3, -0.25) is 4.79 Å². The normalized spacial score (nSPS) is 13.1. The molecule has 0 radical (unpaired) electrons. The number of carboxylic acids is 1. The average Bonchev–Trinajstić information content (AvgIpc) is 2.52. The summed E-state index contributed by atoms with van der Waals surface area (Å²) in [4.78, 5) is 15.5. The summed E-state index contributed by atoms with van der Waals surface area (Å²) < 4.78 is 0. The summed E-state index contributed by atoms with van der Waals surface area (Å²) in [5, 5.41) is 12.0. The Balaban J connectivity index is 2.87. The van der Waals surface area contributed by atoms with Crippen LogP contribution in [0.1, 0.15) is 43.8 Å². The first-order valence-electron chi connectivity index (χ1n) is 5.23. The molecule has 0 amide bonds. The first-order valence-corrected chi connectivity index (χ1v) is 6.11. The molecule has 0 aliphatic carbocycles. The van der Waals surface area contributed by atoms with E-state index >= 15 is 0 Å². The van der Waals surface area contributed by atoms with E-state index in [0.29, 0.717) is 5.69 Å². The minimum absolute atomic E-state index is 0.0825. The first kappa shape index (κ1) is 12.2. The molecule has 0 spiro atoms. The highest BCUT2D eigenvalue weighted by atomic mass is 32.1. The van der Waals surface area contributed by atoms with Crippen LogP contribution < -0.4 is 0 Å². The number of aliphatic carboxylic acids is 1. The standard InChI is InChI=1S/C11H17NO2S/c1-4-5-9-12-8(6-15-9)10(7(2)3)11(13)14/h6-7,10H,4-5H2,1-3H3,(H,13,14). The second-order valence-corrected chi connectivity index (χ2v) is 4.92. The fourth-order valence-electron chi connectivity index (χ4n) is 1.55. The molecule has 1 atom stereocenters. The fraction of sp³-hybridized carbons (Fsp3) is 0.636. The molecule has 1 unspecified atom stereocenters. The summed E-state index contributed by atoms with van der Waals surface area (Å²) in [6, 6.07) is 0. The smallest absolute Gasteiger partial charge is 0.312 e. The zero-order valence-electron chi connectivity index (χ0n) is 9.36. The van der Waals surface area contributed by atoms with Crippen molar-refractivity contribution < 1.29 is 9.90 Å². The molecule has 4 heteroatoms. The molecule has 0 aliphatic heterocycles. The van der Waals surface area contributed by atoms with E-state index in [2.05, 4.69) is 11.9 Å². The maximum Gasteiger partial charge on any atom is 0.312 e. The van der Waals surface area contributed by atoms with Gasteiger partial charge in [0.1, 0.15) is 5.92 Å². The van der Waals surface area contributed by atoms with Crippen molar-refractivity contribution in [3.8, 4) is 0 Å². The van der Waals surface area contributed by atoms with Gasteiger partial charge in [-0.2, -0.15) is 0 Å². The van der Waals surface area contributed by atoms with Crippen molar-refractivity contribution in [3.05, 3.63) is 16.1 Å². The predicted molar refractivity (Wildman–Crippen MR) is 61.3 cm³/mol. The molecule has 0 bridgehead atoms. The van der Waals surface area contributed by atoms with Gasteiger partial charge in [-0.15, -0.1) is 11.3 Å². The topological polar surface area (TPSA) is 50.2 Å². The van der Waals surface area contributed by atoms with Crippen LogP contribution in [0.3, 0.4) is 0 Å². The zero-order chi connectivity index (χ0) is 11.4. The molecule has 3 nitrogen and oxygen atoms in total. The maximum atomic E-state index is 11.1. The lowest BCUT2D eigenvalue weighted by Gasteiger charge is -2.13. The van der Waals surface area contributed by atoms with Gasteiger partial charge in [0.05, 0.1) is 10.7 Å². The van der Waals surface area contributed by atoms with E-state index in [1.165, 1.54) is 0 Å². The van der Waals surface area contributed by atoms with Crippen LogP contribution in [0.15, 0.2) is 5.38 Å². The van der Waals surface area contributed by atoms with Crippen LogP contribution >= 0.6 is 11.3 Å². The molecule has 1 aromatic heterocycles. The summed E-state index contributed by atoms with van der Waals surface area (Å²) in [5.74, 6) is -1.16. The number of nitrogens with zero attached hydrogens (tertiary/aromatic N) is 1. The lowest BCUT2D eigenvalue weighted by atomic mass is 9.93. The monoisotopic (exact) mass is 227 g/mol. The average molecular weight is 227 g/mol. The van der Waals surface area contributed by atoms with E-state index in [1.54, 1.807) is 11.3 Å². The van der Waals surface area contributed by atoms with Crippen molar-refractivity contribution in [3.63, 3.8) is 0 Å². The summed E-state index contributed by atoms with van der Waals surface area (Å²) >= 11 is 1.56. The van der Waals surface area contributed by atoms with Crippen LogP contribution in [0, 0.1) is 5.92 Å². The molecule has 0 aromatic carbocycles. The number of aromatic nitrogens is 1. The van der Waals surface area contributed by atoms with Crippen molar-refractivity contribution in [1.82, 2.24) is 4.98 Å². The van der Waals surface area contributed by atoms with E-state index in [4.69, 9.17) is 5.11 Å². The Bertz CT molecular complexity index is 333. The lowest BCUT2D eigenvalue weighted by Crippen LogP contribution is -2.17. The first-order chi connectivity index (χ1) is 7.06. The van der Waals surface area contributed by atoms with Gasteiger partial charge in [-0.25, -0.2) is 4.98 Å². The third-order valence-electron chi connectivity index (χ3n) is 2.28. The van der Waals surface area contributed by atoms with Gasteiger partial charge in [0.15, 0.2) is 0 Å². The predicted octanol–water partition coefficient (Wildman–Crippen LogP) is 2.92. The highest BCUT2D eigenvalue weighted by Crippen LogP contribution is 2.26. The molecular formula is C11H17NO2S. The van der Waals surface area contributed by atoms with Crippen LogP contribution in [0.2, 0.25) is 0 Å². The third kappa shape index (κ3) is 3.02. The van der Waals surface area contributed by atoms with Gasteiger partial charge in [-0.05, 0) is 18.8 Å². The van der Waals surface area contributed by atoms with Crippen molar-refractivity contribution in [2.45, 2.75) is 39.5 Å². The van der Waals surface area contributed by atoms with Crippen LogP contribution in [0.25, 0.3) is 0 Å². The molecule has 1 N–H and O–H groups in total. The number of thiazole rings is 1. The van der Waals surface area contributed by atoms with Gasteiger partial charge < -0.3 is 5.11 Å². The van der Waals surface area contributed by atoms with Gasteiger partial charge in [0.2, 0.25) is 0 Å². The molecular weight excluding hydrogens is 210 g/mol. The van der Waals surface area contributed by atoms with Gasteiger partial charge in [0.25, 0.3) is 0 Å². The van der Waals surface area contributed by atoms with Crippen molar-refractivity contribution in [2.24, 2.45) is 5.92 Å². The van der Waals surface area contributed by atoms with E-state index in [0.717, 1.165) is 17.8 Å². The molecule has 0 fully saturated rings. The highest BCUT2D eigenvalue weighted by Gasteiger charge is 2.25. The Morgan fingerprint density at radius 2 is 2.27 bits per heavy atom.